The van der Waals surface area contributed by atoms with Gasteiger partial charge in [0.2, 0.25) is 0 Å². The predicted octanol–water partition coefficient (Wildman–Crippen LogP) is 3.69. The van der Waals surface area contributed by atoms with Crippen LogP contribution in [0.2, 0.25) is 0 Å². The van der Waals surface area contributed by atoms with Gasteiger partial charge in [0.05, 0.1) is 6.61 Å². The Hall–Kier alpha value is -1.84. The third kappa shape index (κ3) is 6.05. The molecule has 0 aliphatic rings. The van der Waals surface area contributed by atoms with Crippen LogP contribution >= 0.6 is 0 Å². The van der Waals surface area contributed by atoms with Crippen LogP contribution in [-0.4, -0.2) is 17.2 Å². The number of benzene rings is 2. The number of hydrogen-bond acceptors (Lipinski definition) is 3. The van der Waals surface area contributed by atoms with E-state index in [0.717, 1.165) is 29.8 Å². The maximum atomic E-state index is 9.60. The fourth-order valence-electron chi connectivity index (χ4n) is 2.37. The van der Waals surface area contributed by atoms with Gasteiger partial charge in [0.15, 0.2) is 0 Å². The van der Waals surface area contributed by atoms with Crippen LogP contribution < -0.4 is 10.1 Å². The van der Waals surface area contributed by atoms with E-state index in [9.17, 15) is 5.11 Å². The van der Waals surface area contributed by atoms with Crippen molar-refractivity contribution in [2.45, 2.75) is 45.9 Å². The smallest absolute Gasteiger partial charge is 0.125 e. The largest absolute Gasteiger partial charge is 0.489 e. The molecule has 0 bridgehead atoms. The van der Waals surface area contributed by atoms with Crippen molar-refractivity contribution in [1.82, 2.24) is 5.32 Å². The van der Waals surface area contributed by atoms with E-state index in [1.54, 1.807) is 0 Å². The Bertz CT molecular complexity index is 603. The zero-order valence-electron chi connectivity index (χ0n) is 14.3. The molecule has 2 rings (SSSR count). The van der Waals surface area contributed by atoms with Crippen LogP contribution in [0.5, 0.6) is 5.75 Å². The summed E-state index contributed by atoms with van der Waals surface area (Å²) < 4.78 is 5.85. The van der Waals surface area contributed by atoms with Crippen molar-refractivity contribution < 1.29 is 9.84 Å². The molecular formula is C20H27NO2. The van der Waals surface area contributed by atoms with E-state index in [4.69, 9.17) is 4.74 Å². The molecule has 0 spiro atoms. The van der Waals surface area contributed by atoms with Gasteiger partial charge < -0.3 is 15.2 Å². The third-order valence-electron chi connectivity index (χ3n) is 3.60. The molecule has 2 N–H and O–H groups in total. The lowest BCUT2D eigenvalue weighted by Crippen LogP contribution is -2.37. The lowest BCUT2D eigenvalue weighted by molar-refractivity contribution is 0.259. The molecule has 0 aliphatic carbocycles. The highest BCUT2D eigenvalue weighted by atomic mass is 16.5. The molecule has 0 fully saturated rings. The monoisotopic (exact) mass is 313 g/mol. The number of aliphatic hydroxyl groups excluding tert-OH is 1. The predicted molar refractivity (Wildman–Crippen MR) is 94.6 cm³/mol. The Balaban J connectivity index is 1.96. The highest BCUT2D eigenvalue weighted by Gasteiger charge is 2.09. The first-order valence-corrected chi connectivity index (χ1v) is 8.12. The van der Waals surface area contributed by atoms with Crippen molar-refractivity contribution in [2.75, 3.05) is 6.54 Å². The Morgan fingerprint density at radius 3 is 2.39 bits per heavy atom. The molecule has 3 heteroatoms. The number of nitrogens with one attached hydrogen (secondary N) is 1. The molecule has 0 amide bonds. The first-order chi connectivity index (χ1) is 11.0. The van der Waals surface area contributed by atoms with Gasteiger partial charge >= 0.3 is 0 Å². The van der Waals surface area contributed by atoms with Gasteiger partial charge in [-0.3, -0.25) is 0 Å². The number of ether oxygens (including phenoxy) is 1. The van der Waals surface area contributed by atoms with Crippen molar-refractivity contribution >= 4 is 0 Å². The van der Waals surface area contributed by atoms with E-state index in [-0.39, 0.29) is 12.1 Å². The highest BCUT2D eigenvalue weighted by molar-refractivity contribution is 5.37. The SMILES string of the molecule is CC(C)(C)NCCc1ccc(OCc2ccccc2)c(CO)c1. The summed E-state index contributed by atoms with van der Waals surface area (Å²) in [5, 5.41) is 13.1. The number of hydrogen-bond donors (Lipinski definition) is 2. The minimum atomic E-state index is -0.00926. The van der Waals surface area contributed by atoms with Gasteiger partial charge in [0, 0.05) is 11.1 Å². The molecule has 2 aromatic rings. The topological polar surface area (TPSA) is 41.5 Å². The molecule has 0 radical (unpaired) electrons. The van der Waals surface area contributed by atoms with Crippen molar-refractivity contribution in [3.63, 3.8) is 0 Å². The summed E-state index contributed by atoms with van der Waals surface area (Å²) in [6, 6.07) is 16.1. The quantitative estimate of drug-likeness (QED) is 0.819. The maximum absolute atomic E-state index is 9.60. The minimum Gasteiger partial charge on any atom is -0.489 e. The van der Waals surface area contributed by atoms with Crippen molar-refractivity contribution in [3.8, 4) is 5.75 Å². The fraction of sp³-hybridized carbons (Fsp3) is 0.400. The molecule has 0 aromatic heterocycles. The molecule has 23 heavy (non-hydrogen) atoms. The average molecular weight is 313 g/mol. The van der Waals surface area contributed by atoms with Gasteiger partial charge in [-0.2, -0.15) is 0 Å². The molecule has 0 saturated heterocycles. The number of aliphatic hydroxyl groups is 1. The summed E-state index contributed by atoms with van der Waals surface area (Å²) in [5.41, 5.74) is 3.29. The molecule has 124 valence electrons. The molecule has 0 aliphatic heterocycles. The van der Waals surface area contributed by atoms with Crippen LogP contribution in [0.25, 0.3) is 0 Å². The second-order valence-corrected chi connectivity index (χ2v) is 6.80. The average Bonchev–Trinajstić information content (AvgIpc) is 2.53. The minimum absolute atomic E-state index is 0.00926. The maximum Gasteiger partial charge on any atom is 0.125 e. The summed E-state index contributed by atoms with van der Waals surface area (Å²) in [5.74, 6) is 0.754. The Morgan fingerprint density at radius 2 is 1.74 bits per heavy atom. The standard InChI is InChI=1S/C20H27NO2/c1-20(2,3)21-12-11-16-9-10-19(18(13-16)14-22)23-15-17-7-5-4-6-8-17/h4-10,13,21-22H,11-12,14-15H2,1-3H3. The van der Waals surface area contributed by atoms with Crippen LogP contribution in [0.3, 0.4) is 0 Å². The Morgan fingerprint density at radius 1 is 1.00 bits per heavy atom. The van der Waals surface area contributed by atoms with Crippen molar-refractivity contribution in [3.05, 3.63) is 65.2 Å². The number of rotatable bonds is 7. The van der Waals surface area contributed by atoms with E-state index in [1.165, 1.54) is 5.56 Å². The first kappa shape index (κ1) is 17.5. The van der Waals surface area contributed by atoms with Gasteiger partial charge in [0.1, 0.15) is 12.4 Å². The van der Waals surface area contributed by atoms with E-state index in [2.05, 4.69) is 32.2 Å². The summed E-state index contributed by atoms with van der Waals surface area (Å²) in [7, 11) is 0. The lowest BCUT2D eigenvalue weighted by Gasteiger charge is -2.20. The molecule has 0 atom stereocenters. The van der Waals surface area contributed by atoms with Crippen molar-refractivity contribution in [1.29, 1.82) is 0 Å². The summed E-state index contributed by atoms with van der Waals surface area (Å²) in [6.07, 6.45) is 0.934. The lowest BCUT2D eigenvalue weighted by atomic mass is 10.1. The first-order valence-electron chi connectivity index (χ1n) is 8.12. The van der Waals surface area contributed by atoms with Crippen LogP contribution in [0, 0.1) is 0 Å². The Kier molecular flexibility index (Phi) is 6.20. The van der Waals surface area contributed by atoms with Gasteiger partial charge in [-0.25, -0.2) is 0 Å². The summed E-state index contributed by atoms with van der Waals surface area (Å²) in [6.45, 7) is 7.90. The fourth-order valence-corrected chi connectivity index (χ4v) is 2.37. The second kappa shape index (κ2) is 8.14. The van der Waals surface area contributed by atoms with Crippen LogP contribution in [0.15, 0.2) is 48.5 Å². The normalized spacial score (nSPS) is 11.5. The zero-order chi connectivity index (χ0) is 16.7. The summed E-state index contributed by atoms with van der Waals surface area (Å²) >= 11 is 0. The van der Waals surface area contributed by atoms with E-state index in [0.29, 0.717) is 6.61 Å². The van der Waals surface area contributed by atoms with Crippen LogP contribution in [-0.2, 0) is 19.6 Å². The molecule has 0 unspecified atom stereocenters. The highest BCUT2D eigenvalue weighted by Crippen LogP contribution is 2.22. The van der Waals surface area contributed by atoms with Crippen LogP contribution in [0.1, 0.15) is 37.5 Å². The van der Waals surface area contributed by atoms with Gasteiger partial charge in [0.25, 0.3) is 0 Å². The van der Waals surface area contributed by atoms with E-state index in [1.807, 2.05) is 42.5 Å². The third-order valence-corrected chi connectivity index (χ3v) is 3.60. The Labute approximate surface area is 139 Å². The second-order valence-electron chi connectivity index (χ2n) is 6.80. The zero-order valence-corrected chi connectivity index (χ0v) is 14.3. The van der Waals surface area contributed by atoms with Crippen molar-refractivity contribution in [2.24, 2.45) is 0 Å². The van der Waals surface area contributed by atoms with E-state index >= 15 is 0 Å². The molecule has 0 heterocycles. The van der Waals surface area contributed by atoms with Gasteiger partial charge in [-0.15, -0.1) is 0 Å². The van der Waals surface area contributed by atoms with E-state index < -0.39 is 0 Å². The van der Waals surface area contributed by atoms with Crippen LogP contribution in [0.4, 0.5) is 0 Å². The molecule has 3 nitrogen and oxygen atoms in total. The van der Waals surface area contributed by atoms with Gasteiger partial charge in [-0.1, -0.05) is 36.4 Å². The van der Waals surface area contributed by atoms with Gasteiger partial charge in [-0.05, 0) is 57.0 Å². The summed E-state index contributed by atoms with van der Waals surface area (Å²) in [4.78, 5) is 0. The molecule has 2 aromatic carbocycles. The molecular weight excluding hydrogens is 286 g/mol. The molecule has 0 saturated carbocycles.